The van der Waals surface area contributed by atoms with Crippen LogP contribution in [0, 0.1) is 20.8 Å². The van der Waals surface area contributed by atoms with E-state index in [1.54, 1.807) is 0 Å². The van der Waals surface area contributed by atoms with Crippen molar-refractivity contribution in [1.29, 1.82) is 0 Å². The van der Waals surface area contributed by atoms with Crippen molar-refractivity contribution in [2.24, 2.45) is 0 Å². The molecule has 0 aromatic heterocycles. The zero-order chi connectivity index (χ0) is 71.5. The van der Waals surface area contributed by atoms with E-state index in [4.69, 9.17) is 0 Å². The van der Waals surface area contributed by atoms with Crippen molar-refractivity contribution in [3.05, 3.63) is 465 Å². The molecule has 5 aliphatic rings. The van der Waals surface area contributed by atoms with Crippen LogP contribution >= 0.6 is 0 Å². The Bertz CT molecular complexity index is 5990. The van der Waals surface area contributed by atoms with Crippen molar-refractivity contribution in [3.63, 3.8) is 0 Å². The molecule has 0 unspecified atom stereocenters. The summed E-state index contributed by atoms with van der Waals surface area (Å²) in [7, 11) is 0. The third kappa shape index (κ3) is 8.76. The van der Waals surface area contributed by atoms with Crippen LogP contribution in [0.2, 0.25) is 0 Å². The van der Waals surface area contributed by atoms with Gasteiger partial charge in [0, 0.05) is 33.9 Å². The van der Waals surface area contributed by atoms with Crippen molar-refractivity contribution in [2.75, 3.05) is 9.80 Å². The maximum atomic E-state index is 2.56. The van der Waals surface area contributed by atoms with Gasteiger partial charge in [0.2, 0.25) is 0 Å². The van der Waals surface area contributed by atoms with Crippen molar-refractivity contribution in [1.82, 2.24) is 0 Å². The Hall–Kier alpha value is -12.9. The van der Waals surface area contributed by atoms with E-state index in [-0.39, 0.29) is 5.41 Å². The quantitative estimate of drug-likeness (QED) is 0.127. The maximum Gasteiger partial charge on any atom is 0.0726 e. The lowest BCUT2D eigenvalue weighted by atomic mass is 9.67. The van der Waals surface area contributed by atoms with Crippen LogP contribution in [0.15, 0.2) is 370 Å². The van der Waals surface area contributed by atoms with Crippen LogP contribution in [-0.4, -0.2) is 0 Å². The summed E-state index contributed by atoms with van der Waals surface area (Å²) in [4.78, 5) is 5.11. The summed E-state index contributed by atoms with van der Waals surface area (Å²) in [5.74, 6) is 0. The molecule has 0 amide bonds. The molecule has 0 atom stereocenters. The molecule has 2 heteroatoms. The molecule has 16 aromatic carbocycles. The van der Waals surface area contributed by atoms with Gasteiger partial charge in [-0.3, -0.25) is 0 Å². The number of hydrogen-bond acceptors (Lipinski definition) is 2. The number of rotatable bonds is 11. The number of hydrogen-bond donors (Lipinski definition) is 0. The molecule has 506 valence electrons. The largest absolute Gasteiger partial charge is 0.310 e. The lowest BCUT2D eigenvalue weighted by Gasteiger charge is -2.36. The molecule has 0 saturated carbocycles. The molecule has 0 saturated heterocycles. The minimum absolute atomic E-state index is 0.279. The summed E-state index contributed by atoms with van der Waals surface area (Å²) in [6.07, 6.45) is 0. The number of benzene rings is 16. The van der Waals surface area contributed by atoms with E-state index in [1.165, 1.54) is 161 Å². The summed E-state index contributed by atoms with van der Waals surface area (Å²) < 4.78 is 0. The highest BCUT2D eigenvalue weighted by Crippen LogP contribution is 2.65. The molecule has 0 N–H and O–H groups in total. The second-order valence-corrected chi connectivity index (χ2v) is 30.7. The third-order valence-electron chi connectivity index (χ3n) is 24.8. The van der Waals surface area contributed by atoms with Crippen LogP contribution in [0.5, 0.6) is 0 Å². The predicted octanol–water partition coefficient (Wildman–Crippen LogP) is 26.6. The summed E-state index contributed by atoms with van der Waals surface area (Å²) in [6, 6.07) is 141. The standard InChI is InChI=1S/C105H76N2/c1-67-45-55-85-88-58-52-77(64-97(88)103(95(85)61-67,71-27-10-6-11-28-71)72-29-12-7-13-30-72)106(78-53-59-89-86-56-46-68(2)62-96(86)104(98(89)65-78,73-31-14-8-15-32-73)74-33-16-9-17-34-74)76-51-57-80(69(3)63-76)70-47-49-75(50-48-70)107(100-44-26-39-90-84-38-18-22-40-91(84)102(4,5)101(90)100)79-54-60-87-83-37-21-25-43-94(83)105(99(87)66-79)92-41-23-19-35-81(92)82-36-20-24-42-93(82)105/h6-66H,1-5H3. The highest BCUT2D eigenvalue weighted by atomic mass is 15.2. The van der Waals surface area contributed by atoms with Crippen LogP contribution in [0.4, 0.5) is 34.1 Å². The van der Waals surface area contributed by atoms with Crippen molar-refractivity contribution in [3.8, 4) is 66.8 Å². The molecule has 16 aromatic rings. The van der Waals surface area contributed by atoms with Gasteiger partial charge in [-0.15, -0.1) is 0 Å². The lowest BCUT2D eigenvalue weighted by Crippen LogP contribution is -2.29. The molecule has 107 heavy (non-hydrogen) atoms. The van der Waals surface area contributed by atoms with Gasteiger partial charge in [0.05, 0.1) is 21.9 Å². The molecule has 0 aliphatic heterocycles. The number of aryl methyl sites for hydroxylation is 3. The smallest absolute Gasteiger partial charge is 0.0726 e. The summed E-state index contributed by atoms with van der Waals surface area (Å²) in [5, 5.41) is 0. The van der Waals surface area contributed by atoms with Crippen molar-refractivity contribution in [2.45, 2.75) is 56.3 Å². The summed E-state index contributed by atoms with van der Waals surface area (Å²) in [6.45, 7) is 11.6. The molecule has 1 spiro atoms. The van der Waals surface area contributed by atoms with E-state index < -0.39 is 16.2 Å². The molecule has 0 radical (unpaired) electrons. The molecular weight excluding hydrogens is 1290 g/mol. The van der Waals surface area contributed by atoms with E-state index >= 15 is 0 Å². The molecule has 0 heterocycles. The molecule has 21 rings (SSSR count). The highest BCUT2D eigenvalue weighted by molar-refractivity contribution is 5.99. The van der Waals surface area contributed by atoms with E-state index in [1.807, 2.05) is 0 Å². The average Bonchev–Trinajstić information content (AvgIpc) is 1.49. The fourth-order valence-electron chi connectivity index (χ4n) is 20.5. The molecular formula is C105H76N2. The van der Waals surface area contributed by atoms with Crippen molar-refractivity contribution < 1.29 is 0 Å². The normalized spacial score (nSPS) is 14.5. The molecule has 0 bridgehead atoms. The Labute approximate surface area is 627 Å². The first-order valence-corrected chi connectivity index (χ1v) is 37.8. The first-order valence-electron chi connectivity index (χ1n) is 37.8. The van der Waals surface area contributed by atoms with Crippen LogP contribution < -0.4 is 9.80 Å². The summed E-state index contributed by atoms with van der Waals surface area (Å²) >= 11 is 0. The van der Waals surface area contributed by atoms with Gasteiger partial charge in [0.15, 0.2) is 0 Å². The Morgan fingerprint density at radius 1 is 0.206 bits per heavy atom. The number of fused-ring (bicyclic) bond motifs is 19. The van der Waals surface area contributed by atoms with Gasteiger partial charge >= 0.3 is 0 Å². The van der Waals surface area contributed by atoms with Crippen LogP contribution in [0.25, 0.3) is 66.8 Å². The van der Waals surface area contributed by atoms with Gasteiger partial charge in [0.25, 0.3) is 0 Å². The van der Waals surface area contributed by atoms with Crippen LogP contribution in [0.3, 0.4) is 0 Å². The zero-order valence-corrected chi connectivity index (χ0v) is 60.6. The van der Waals surface area contributed by atoms with Gasteiger partial charge in [-0.05, 0) is 238 Å². The third-order valence-corrected chi connectivity index (χ3v) is 24.8. The van der Waals surface area contributed by atoms with E-state index in [2.05, 4.69) is 414 Å². The summed E-state index contributed by atoms with van der Waals surface area (Å²) in [5.41, 5.74) is 41.5. The average molecular weight is 1370 g/mol. The second kappa shape index (κ2) is 23.6. The van der Waals surface area contributed by atoms with Crippen molar-refractivity contribution >= 4 is 34.1 Å². The number of nitrogens with zero attached hydrogens (tertiary/aromatic N) is 2. The SMILES string of the molecule is Cc1ccc2c(c1)C(c1ccccc1)(c1ccccc1)c1cc(N(c3ccc(-c4ccc(N(c5ccc6c(c5)C5(c7ccccc7-c7ccccc75)c5ccccc5-6)c5cccc6c5C(C)(C)c5ccccc5-6)cc4)c(C)c3)c3ccc4c(c3)C(c3ccccc3)(c3ccccc3)c3cc(C)ccc3-4)ccc1-2. The molecule has 5 aliphatic carbocycles. The fraction of sp³-hybridized carbons (Fsp3) is 0.0857. The van der Waals surface area contributed by atoms with Gasteiger partial charge < -0.3 is 9.80 Å². The Morgan fingerprint density at radius 2 is 0.514 bits per heavy atom. The van der Waals surface area contributed by atoms with Crippen LogP contribution in [-0.2, 0) is 21.7 Å². The van der Waals surface area contributed by atoms with Gasteiger partial charge in [0.1, 0.15) is 0 Å². The molecule has 2 nitrogen and oxygen atoms in total. The van der Waals surface area contributed by atoms with Gasteiger partial charge in [-0.1, -0.05) is 328 Å². The Balaban J connectivity index is 0.745. The minimum Gasteiger partial charge on any atom is -0.310 e. The first kappa shape index (κ1) is 62.7. The predicted molar refractivity (Wildman–Crippen MR) is 444 cm³/mol. The lowest BCUT2D eigenvalue weighted by molar-refractivity contribution is 0.661. The Kier molecular flexibility index (Phi) is 13.8. The topological polar surface area (TPSA) is 6.48 Å². The van der Waals surface area contributed by atoms with Gasteiger partial charge in [-0.25, -0.2) is 0 Å². The fourth-order valence-corrected chi connectivity index (χ4v) is 20.5. The second-order valence-electron chi connectivity index (χ2n) is 30.7. The highest BCUT2D eigenvalue weighted by Gasteiger charge is 2.53. The van der Waals surface area contributed by atoms with E-state index in [9.17, 15) is 0 Å². The minimum atomic E-state index is -0.611. The van der Waals surface area contributed by atoms with E-state index in [0.29, 0.717) is 0 Å². The number of anilines is 6. The van der Waals surface area contributed by atoms with Crippen LogP contribution in [0.1, 0.15) is 108 Å². The maximum absolute atomic E-state index is 2.56. The van der Waals surface area contributed by atoms with Gasteiger partial charge in [-0.2, -0.15) is 0 Å². The monoisotopic (exact) mass is 1360 g/mol. The molecule has 0 fully saturated rings. The van der Waals surface area contributed by atoms with E-state index in [0.717, 1.165) is 34.0 Å². The first-order chi connectivity index (χ1) is 52.6. The Morgan fingerprint density at radius 3 is 0.935 bits per heavy atom. The zero-order valence-electron chi connectivity index (χ0n) is 60.6.